The van der Waals surface area contributed by atoms with Crippen LogP contribution in [-0.2, 0) is 10.9 Å². The maximum absolute atomic E-state index is 2.36. The molecule has 2 heteroatoms. The van der Waals surface area contributed by atoms with Gasteiger partial charge in [-0.2, -0.15) is 0 Å². The molecule has 0 saturated carbocycles. The first-order valence-corrected chi connectivity index (χ1v) is 13.7. The van der Waals surface area contributed by atoms with Crippen LogP contribution in [0.15, 0.2) is 0 Å². The Hall–Kier alpha value is 0.640. The van der Waals surface area contributed by atoms with Crippen LogP contribution >= 0.6 is 0 Å². The first-order valence-electron chi connectivity index (χ1n) is 12.0. The third-order valence-electron chi connectivity index (χ3n) is 5.60. The highest BCUT2D eigenvalue weighted by molar-refractivity contribution is 7.96. The molecule has 0 atom stereocenters. The summed E-state index contributed by atoms with van der Waals surface area (Å²) in [5.74, 6) is 4.33. The summed E-state index contributed by atoms with van der Waals surface area (Å²) in [6.45, 7) is 7.03. The smallest absolute Gasteiger partial charge is 0.108 e. The predicted octanol–water partition coefficient (Wildman–Crippen LogP) is 5.69. The van der Waals surface area contributed by atoms with Crippen molar-refractivity contribution >= 4 is 10.9 Å². The molecule has 0 nitrogen and oxygen atoms in total. The van der Waals surface area contributed by atoms with Crippen LogP contribution in [0.5, 0.6) is 0 Å². The minimum absolute atomic E-state index is 0. The van der Waals surface area contributed by atoms with E-state index in [1.807, 2.05) is 0 Å². The largest absolute Gasteiger partial charge is 1.00 e. The van der Waals surface area contributed by atoms with Gasteiger partial charge in [0.15, 0.2) is 0 Å². The van der Waals surface area contributed by atoms with Gasteiger partial charge in [0.05, 0.1) is 0 Å². The van der Waals surface area contributed by atoms with Crippen LogP contribution in [0, 0.1) is 0 Å². The quantitative estimate of drug-likeness (QED) is 0.169. The lowest BCUT2D eigenvalue weighted by Gasteiger charge is -2.05. The fourth-order valence-corrected chi connectivity index (χ4v) is 5.30. The third kappa shape index (κ3) is 22.7. The predicted molar refractivity (Wildman–Crippen MR) is 122 cm³/mol. The standard InChI is InChI=1S/C24H51S.ClH/c1-4-7-8-9-10-11-12-13-14-15-16-17-18-19-20-21-22-23-24-25(5-2)6-3;/h4-24H2,1-3H3;1H/q+1;/p-1. The van der Waals surface area contributed by atoms with Crippen molar-refractivity contribution in [1.82, 2.24) is 0 Å². The Morgan fingerprint density at radius 3 is 0.923 bits per heavy atom. The number of unbranched alkanes of at least 4 members (excludes halogenated alkanes) is 17. The zero-order valence-corrected chi connectivity index (χ0v) is 20.2. The van der Waals surface area contributed by atoms with Crippen LogP contribution in [0.3, 0.4) is 0 Å². The highest BCUT2D eigenvalue weighted by Crippen LogP contribution is 2.14. The molecule has 0 aromatic heterocycles. The Labute approximate surface area is 176 Å². The molecule has 0 aliphatic heterocycles. The van der Waals surface area contributed by atoms with E-state index >= 15 is 0 Å². The maximum Gasteiger partial charge on any atom is 0.108 e. The molecule has 0 saturated heterocycles. The fourth-order valence-electron chi connectivity index (χ4n) is 3.70. The Kier molecular flexibility index (Phi) is 28.4. The van der Waals surface area contributed by atoms with Gasteiger partial charge < -0.3 is 12.4 Å². The molecule has 0 aliphatic carbocycles. The SMILES string of the molecule is CCCCCCCCCCCCCCCCCCCC[S+](CC)CC.[Cl-]. The van der Waals surface area contributed by atoms with Gasteiger partial charge in [-0.25, -0.2) is 0 Å². The molecular weight excluding hydrogens is 356 g/mol. The summed E-state index contributed by atoms with van der Waals surface area (Å²) in [4.78, 5) is 0. The highest BCUT2D eigenvalue weighted by Gasteiger charge is 2.10. The number of rotatable bonds is 21. The summed E-state index contributed by atoms with van der Waals surface area (Å²) in [5, 5.41) is 0. The highest BCUT2D eigenvalue weighted by atomic mass is 35.5. The lowest BCUT2D eigenvalue weighted by molar-refractivity contribution is -0.00000565. The van der Waals surface area contributed by atoms with Crippen molar-refractivity contribution in [2.75, 3.05) is 17.3 Å². The van der Waals surface area contributed by atoms with Crippen LogP contribution in [0.4, 0.5) is 0 Å². The van der Waals surface area contributed by atoms with E-state index in [1.54, 1.807) is 0 Å². The molecule has 0 N–H and O–H groups in total. The zero-order valence-electron chi connectivity index (χ0n) is 18.6. The molecule has 0 fully saturated rings. The van der Waals surface area contributed by atoms with Crippen LogP contribution < -0.4 is 12.4 Å². The van der Waals surface area contributed by atoms with E-state index in [0.29, 0.717) is 0 Å². The first kappa shape index (κ1) is 28.8. The molecule has 0 radical (unpaired) electrons. The number of hydrogen-bond acceptors (Lipinski definition) is 0. The van der Waals surface area contributed by atoms with Crippen molar-refractivity contribution in [2.24, 2.45) is 0 Å². The zero-order chi connectivity index (χ0) is 18.4. The van der Waals surface area contributed by atoms with E-state index in [-0.39, 0.29) is 12.4 Å². The van der Waals surface area contributed by atoms with Gasteiger partial charge >= 0.3 is 0 Å². The number of halogens is 1. The van der Waals surface area contributed by atoms with Gasteiger partial charge in [0.1, 0.15) is 17.3 Å². The van der Waals surface area contributed by atoms with Crippen LogP contribution in [0.1, 0.15) is 136 Å². The Bertz CT molecular complexity index is 228. The third-order valence-corrected chi connectivity index (χ3v) is 8.10. The van der Waals surface area contributed by atoms with Crippen LogP contribution in [0.2, 0.25) is 0 Å². The number of hydrogen-bond donors (Lipinski definition) is 0. The molecule has 0 unspecified atom stereocenters. The van der Waals surface area contributed by atoms with Crippen LogP contribution in [-0.4, -0.2) is 17.3 Å². The molecule has 0 aromatic carbocycles. The second-order valence-electron chi connectivity index (χ2n) is 7.90. The summed E-state index contributed by atoms with van der Waals surface area (Å²) in [5.41, 5.74) is 0. The molecule has 0 bridgehead atoms. The lowest BCUT2D eigenvalue weighted by atomic mass is 10.0. The molecule has 0 spiro atoms. The Morgan fingerprint density at radius 1 is 0.385 bits per heavy atom. The fraction of sp³-hybridized carbons (Fsp3) is 1.00. The minimum atomic E-state index is 0. The average molecular weight is 407 g/mol. The van der Waals surface area contributed by atoms with Gasteiger partial charge in [-0.05, 0) is 37.6 Å². The van der Waals surface area contributed by atoms with E-state index in [0.717, 1.165) is 10.9 Å². The summed E-state index contributed by atoms with van der Waals surface area (Å²) >= 11 is 0. The van der Waals surface area contributed by atoms with Crippen molar-refractivity contribution < 1.29 is 12.4 Å². The van der Waals surface area contributed by atoms with E-state index in [2.05, 4.69) is 20.8 Å². The van der Waals surface area contributed by atoms with E-state index in [9.17, 15) is 0 Å². The van der Waals surface area contributed by atoms with E-state index < -0.39 is 0 Å². The van der Waals surface area contributed by atoms with Crippen molar-refractivity contribution in [3.05, 3.63) is 0 Å². The van der Waals surface area contributed by atoms with Gasteiger partial charge in [0, 0.05) is 0 Å². The molecule has 0 rings (SSSR count). The van der Waals surface area contributed by atoms with E-state index in [1.165, 1.54) is 133 Å². The molecule has 160 valence electrons. The van der Waals surface area contributed by atoms with Crippen molar-refractivity contribution in [2.45, 2.75) is 136 Å². The summed E-state index contributed by atoms with van der Waals surface area (Å²) in [7, 11) is 0.743. The molecule has 0 aromatic rings. The first-order chi connectivity index (χ1) is 12.3. The van der Waals surface area contributed by atoms with Gasteiger partial charge in [-0.15, -0.1) is 0 Å². The normalized spacial score (nSPS) is 11.1. The van der Waals surface area contributed by atoms with Gasteiger partial charge in [-0.1, -0.05) is 110 Å². The Morgan fingerprint density at radius 2 is 0.654 bits per heavy atom. The summed E-state index contributed by atoms with van der Waals surface area (Å²) in [6, 6.07) is 0. The van der Waals surface area contributed by atoms with Crippen molar-refractivity contribution in [3.63, 3.8) is 0 Å². The van der Waals surface area contributed by atoms with E-state index in [4.69, 9.17) is 0 Å². The monoisotopic (exact) mass is 406 g/mol. The van der Waals surface area contributed by atoms with Crippen molar-refractivity contribution in [1.29, 1.82) is 0 Å². The molecule has 0 aliphatic rings. The second-order valence-corrected chi connectivity index (χ2v) is 10.7. The topological polar surface area (TPSA) is 0 Å². The maximum atomic E-state index is 2.36. The molecule has 26 heavy (non-hydrogen) atoms. The lowest BCUT2D eigenvalue weighted by Crippen LogP contribution is -3.00. The summed E-state index contributed by atoms with van der Waals surface area (Å²) < 4.78 is 0. The molecule has 0 amide bonds. The van der Waals surface area contributed by atoms with Crippen LogP contribution in [0.25, 0.3) is 0 Å². The van der Waals surface area contributed by atoms with Gasteiger partial charge in [-0.3, -0.25) is 0 Å². The summed E-state index contributed by atoms with van der Waals surface area (Å²) in [6.07, 6.45) is 26.6. The molecular formula is C24H51ClS. The van der Waals surface area contributed by atoms with Gasteiger partial charge in [0.2, 0.25) is 0 Å². The van der Waals surface area contributed by atoms with Crippen molar-refractivity contribution in [3.8, 4) is 0 Å². The van der Waals surface area contributed by atoms with Gasteiger partial charge in [0.25, 0.3) is 0 Å². The molecule has 0 heterocycles. The minimum Gasteiger partial charge on any atom is -1.00 e. The average Bonchev–Trinajstić information content (AvgIpc) is 2.64. The Balaban J connectivity index is 0. The second kappa shape index (κ2) is 25.6.